The lowest BCUT2D eigenvalue weighted by Crippen LogP contribution is -2.05. The summed E-state index contributed by atoms with van der Waals surface area (Å²) < 4.78 is 31.2. The van der Waals surface area contributed by atoms with Gasteiger partial charge in [-0.25, -0.2) is 4.57 Å². The Labute approximate surface area is 149 Å². The van der Waals surface area contributed by atoms with Crippen molar-refractivity contribution in [3.63, 3.8) is 0 Å². The van der Waals surface area contributed by atoms with E-state index >= 15 is 0 Å². The standard InChI is InChI=1S/C16H31O8P/c1-3-15(17)21-11-7-5-9-13-23-25(19,20)24-14-10-6-8-12-22-16(18)4-2/h3-14H2,1-2H3,(H,19,20). The van der Waals surface area contributed by atoms with Gasteiger partial charge in [-0.15, -0.1) is 0 Å². The van der Waals surface area contributed by atoms with Crippen molar-refractivity contribution in [1.29, 1.82) is 0 Å². The highest BCUT2D eigenvalue weighted by atomic mass is 31.2. The molecule has 0 aliphatic carbocycles. The summed E-state index contributed by atoms with van der Waals surface area (Å²) in [5.74, 6) is -0.457. The Hall–Kier alpha value is -0.950. The number of rotatable bonds is 16. The first-order chi connectivity index (χ1) is 11.9. The average molecular weight is 382 g/mol. The zero-order chi connectivity index (χ0) is 19.0. The maximum Gasteiger partial charge on any atom is 0.472 e. The number of carbonyl (C=O) groups is 2. The Bertz CT molecular complexity index is 379. The van der Waals surface area contributed by atoms with Crippen molar-refractivity contribution in [2.75, 3.05) is 26.4 Å². The number of hydrogen-bond donors (Lipinski definition) is 1. The molecule has 0 rings (SSSR count). The maximum atomic E-state index is 11.6. The van der Waals surface area contributed by atoms with E-state index in [2.05, 4.69) is 0 Å². The minimum absolute atomic E-state index is 0.114. The summed E-state index contributed by atoms with van der Waals surface area (Å²) >= 11 is 0. The third-order valence-corrected chi connectivity index (χ3v) is 4.21. The summed E-state index contributed by atoms with van der Waals surface area (Å²) in [7, 11) is -4.02. The van der Waals surface area contributed by atoms with E-state index in [1.54, 1.807) is 13.8 Å². The van der Waals surface area contributed by atoms with E-state index in [0.29, 0.717) is 51.7 Å². The molecular weight excluding hydrogens is 351 g/mol. The predicted molar refractivity (Wildman–Crippen MR) is 91.9 cm³/mol. The SMILES string of the molecule is CCC(=O)OCCCCCOP(=O)(O)OCCCCCOC(=O)CC. The van der Waals surface area contributed by atoms with Crippen LogP contribution in [0, 0.1) is 0 Å². The fraction of sp³-hybridized carbons (Fsp3) is 0.875. The van der Waals surface area contributed by atoms with Gasteiger partial charge in [0.05, 0.1) is 26.4 Å². The van der Waals surface area contributed by atoms with E-state index in [9.17, 15) is 19.0 Å². The van der Waals surface area contributed by atoms with Crippen LogP contribution in [-0.2, 0) is 32.7 Å². The number of ether oxygens (including phenoxy) is 2. The molecular formula is C16H31O8P. The highest BCUT2D eigenvalue weighted by Gasteiger charge is 2.19. The molecule has 8 nitrogen and oxygen atoms in total. The van der Waals surface area contributed by atoms with Gasteiger partial charge in [0, 0.05) is 12.8 Å². The van der Waals surface area contributed by atoms with Gasteiger partial charge in [-0.05, 0) is 38.5 Å². The molecule has 0 bridgehead atoms. The largest absolute Gasteiger partial charge is 0.472 e. The van der Waals surface area contributed by atoms with Crippen molar-refractivity contribution in [2.45, 2.75) is 65.2 Å². The molecule has 9 heteroatoms. The second-order valence-corrected chi connectivity index (χ2v) is 6.86. The van der Waals surface area contributed by atoms with Crippen LogP contribution in [0.5, 0.6) is 0 Å². The van der Waals surface area contributed by atoms with Crippen LogP contribution < -0.4 is 0 Å². The Morgan fingerprint density at radius 1 is 0.720 bits per heavy atom. The number of esters is 2. The third kappa shape index (κ3) is 16.3. The van der Waals surface area contributed by atoms with Gasteiger partial charge < -0.3 is 14.4 Å². The van der Waals surface area contributed by atoms with Gasteiger partial charge in [-0.2, -0.15) is 0 Å². The van der Waals surface area contributed by atoms with Gasteiger partial charge in [0.25, 0.3) is 0 Å². The minimum atomic E-state index is -4.02. The van der Waals surface area contributed by atoms with Crippen LogP contribution in [0.1, 0.15) is 65.2 Å². The van der Waals surface area contributed by atoms with Crippen LogP contribution in [0.2, 0.25) is 0 Å². The predicted octanol–water partition coefficient (Wildman–Crippen LogP) is 3.37. The van der Waals surface area contributed by atoms with Crippen molar-refractivity contribution in [3.05, 3.63) is 0 Å². The monoisotopic (exact) mass is 382 g/mol. The lowest BCUT2D eigenvalue weighted by atomic mass is 10.2. The summed E-state index contributed by atoms with van der Waals surface area (Å²) in [6, 6.07) is 0. The van der Waals surface area contributed by atoms with Crippen LogP contribution in [0.15, 0.2) is 0 Å². The summed E-state index contributed by atoms with van der Waals surface area (Å²) in [4.78, 5) is 31.3. The lowest BCUT2D eigenvalue weighted by molar-refractivity contribution is -0.144. The molecule has 0 aliphatic rings. The fourth-order valence-electron chi connectivity index (χ4n) is 1.74. The van der Waals surface area contributed by atoms with Gasteiger partial charge in [0.2, 0.25) is 0 Å². The van der Waals surface area contributed by atoms with E-state index in [1.807, 2.05) is 0 Å². The van der Waals surface area contributed by atoms with Crippen LogP contribution in [-0.4, -0.2) is 43.3 Å². The van der Waals surface area contributed by atoms with E-state index in [-0.39, 0.29) is 25.2 Å². The molecule has 1 N–H and O–H groups in total. The quantitative estimate of drug-likeness (QED) is 0.246. The van der Waals surface area contributed by atoms with Crippen LogP contribution >= 0.6 is 7.82 Å². The lowest BCUT2D eigenvalue weighted by Gasteiger charge is -2.12. The van der Waals surface area contributed by atoms with Crippen LogP contribution in [0.3, 0.4) is 0 Å². The van der Waals surface area contributed by atoms with Crippen molar-refractivity contribution in [1.82, 2.24) is 0 Å². The Morgan fingerprint density at radius 2 is 1.08 bits per heavy atom. The first-order valence-corrected chi connectivity index (χ1v) is 10.3. The Morgan fingerprint density at radius 3 is 1.44 bits per heavy atom. The average Bonchev–Trinajstić information content (AvgIpc) is 2.59. The highest BCUT2D eigenvalue weighted by molar-refractivity contribution is 7.47. The molecule has 0 aliphatic heterocycles. The van der Waals surface area contributed by atoms with Gasteiger partial charge >= 0.3 is 19.8 Å². The highest BCUT2D eigenvalue weighted by Crippen LogP contribution is 2.43. The van der Waals surface area contributed by atoms with Gasteiger partial charge in [-0.1, -0.05) is 13.8 Å². The second-order valence-electron chi connectivity index (χ2n) is 5.40. The molecule has 0 atom stereocenters. The molecule has 0 aromatic rings. The molecule has 0 unspecified atom stereocenters. The summed E-state index contributed by atoms with van der Waals surface area (Å²) in [6.45, 7) is 4.40. The number of hydrogen-bond acceptors (Lipinski definition) is 7. The molecule has 0 amide bonds. The van der Waals surface area contributed by atoms with Crippen molar-refractivity contribution in [3.8, 4) is 0 Å². The molecule has 0 saturated carbocycles. The summed E-state index contributed by atoms with van der Waals surface area (Å²) in [6.07, 6.45) is 4.72. The normalized spacial score (nSPS) is 11.3. The van der Waals surface area contributed by atoms with Gasteiger partial charge in [0.1, 0.15) is 0 Å². The van der Waals surface area contributed by atoms with Gasteiger partial charge in [0.15, 0.2) is 0 Å². The molecule has 148 valence electrons. The number of phosphoric acid groups is 1. The van der Waals surface area contributed by atoms with Gasteiger partial charge in [-0.3, -0.25) is 18.6 Å². The van der Waals surface area contributed by atoms with Crippen LogP contribution in [0.25, 0.3) is 0 Å². The molecule has 0 aromatic heterocycles. The molecule has 0 fully saturated rings. The van der Waals surface area contributed by atoms with E-state index in [4.69, 9.17) is 18.5 Å². The third-order valence-electron chi connectivity index (χ3n) is 3.19. The molecule has 0 radical (unpaired) electrons. The van der Waals surface area contributed by atoms with Crippen LogP contribution in [0.4, 0.5) is 0 Å². The number of unbranched alkanes of at least 4 members (excludes halogenated alkanes) is 4. The molecule has 25 heavy (non-hydrogen) atoms. The zero-order valence-corrected chi connectivity index (χ0v) is 16.1. The van der Waals surface area contributed by atoms with Crippen molar-refractivity contribution in [2.24, 2.45) is 0 Å². The Kier molecular flexibility index (Phi) is 14.7. The maximum absolute atomic E-state index is 11.6. The molecule has 0 saturated heterocycles. The first-order valence-electron chi connectivity index (χ1n) is 8.84. The summed E-state index contributed by atoms with van der Waals surface area (Å²) in [5, 5.41) is 0. The summed E-state index contributed by atoms with van der Waals surface area (Å²) in [5.41, 5.74) is 0. The van der Waals surface area contributed by atoms with E-state index in [1.165, 1.54) is 0 Å². The fourth-order valence-corrected chi connectivity index (χ4v) is 2.53. The number of carbonyl (C=O) groups excluding carboxylic acids is 2. The van der Waals surface area contributed by atoms with E-state index in [0.717, 1.165) is 12.8 Å². The first kappa shape index (κ1) is 24.1. The second kappa shape index (κ2) is 15.3. The van der Waals surface area contributed by atoms with Crippen molar-refractivity contribution >= 4 is 19.8 Å². The topological polar surface area (TPSA) is 108 Å². The minimum Gasteiger partial charge on any atom is -0.466 e. The molecule has 0 spiro atoms. The van der Waals surface area contributed by atoms with Crippen molar-refractivity contribution < 1.29 is 37.6 Å². The smallest absolute Gasteiger partial charge is 0.466 e. The zero-order valence-electron chi connectivity index (χ0n) is 15.2. The number of phosphoric ester groups is 1. The molecule has 0 aromatic carbocycles. The van der Waals surface area contributed by atoms with E-state index < -0.39 is 7.82 Å². The molecule has 0 heterocycles. The Balaban J connectivity index is 3.48.